The van der Waals surface area contributed by atoms with Gasteiger partial charge < -0.3 is 25.7 Å². The predicted molar refractivity (Wildman–Crippen MR) is 135 cm³/mol. The maximum atomic E-state index is 11.0. The van der Waals surface area contributed by atoms with Gasteiger partial charge in [0.2, 0.25) is 11.8 Å². The first-order chi connectivity index (χ1) is 18.0. The minimum absolute atomic E-state index is 0.00300. The molecule has 1 atom stereocenters. The zero-order valence-electron chi connectivity index (χ0n) is 19.7. The number of carbonyl (C=O) groups excluding carboxylic acids is 1. The molecule has 3 aromatic carbocycles. The molecule has 9 nitrogen and oxygen atoms in total. The molecule has 0 saturated heterocycles. The summed E-state index contributed by atoms with van der Waals surface area (Å²) in [4.78, 5) is 11.0. The van der Waals surface area contributed by atoms with E-state index in [1.807, 2.05) is 54.6 Å². The minimum Gasteiger partial charge on any atom is -0.489 e. The largest absolute Gasteiger partial charge is 0.489 e. The average molecular weight is 494 g/mol. The fourth-order valence-corrected chi connectivity index (χ4v) is 4.17. The van der Waals surface area contributed by atoms with Crippen LogP contribution in [0.1, 0.15) is 22.6 Å². The Balaban J connectivity index is 1.44. The standard InChI is InChI=1S/C28H23N5O4/c29-14-22-24(18-6-10-21(11-7-18)36-16-23(30)34)25-26(32-33-28(25)37-27(22)31)19-8-12-20(13-9-19)35-15-17-4-2-1-3-5-17/h1-13,24H,15-16,31H2,(H2,30,34)(H,32,33)/t24-/m0/s1. The molecule has 4 aromatic rings. The summed E-state index contributed by atoms with van der Waals surface area (Å²) < 4.78 is 16.9. The normalized spacial score (nSPS) is 14.3. The van der Waals surface area contributed by atoms with Gasteiger partial charge in [-0.15, -0.1) is 5.10 Å². The van der Waals surface area contributed by atoms with Crippen LogP contribution in [0.4, 0.5) is 0 Å². The van der Waals surface area contributed by atoms with Crippen LogP contribution in [0.15, 0.2) is 90.3 Å². The highest BCUT2D eigenvalue weighted by atomic mass is 16.5. The molecule has 0 fully saturated rings. The monoisotopic (exact) mass is 493 g/mol. The van der Waals surface area contributed by atoms with Gasteiger partial charge in [-0.1, -0.05) is 42.5 Å². The lowest BCUT2D eigenvalue weighted by Gasteiger charge is -2.24. The molecule has 1 aromatic heterocycles. The number of amides is 1. The van der Waals surface area contributed by atoms with Crippen LogP contribution in [0.3, 0.4) is 0 Å². The van der Waals surface area contributed by atoms with Gasteiger partial charge in [-0.2, -0.15) is 5.26 Å². The fourth-order valence-electron chi connectivity index (χ4n) is 4.17. The predicted octanol–water partition coefficient (Wildman–Crippen LogP) is 3.74. The zero-order chi connectivity index (χ0) is 25.8. The molecule has 0 bridgehead atoms. The summed E-state index contributed by atoms with van der Waals surface area (Å²) >= 11 is 0. The Labute approximate surface area is 212 Å². The van der Waals surface area contributed by atoms with Gasteiger partial charge in [-0.3, -0.25) is 9.89 Å². The molecule has 5 N–H and O–H groups in total. The molecule has 0 spiro atoms. The highest BCUT2D eigenvalue weighted by Gasteiger charge is 2.35. The van der Waals surface area contributed by atoms with E-state index >= 15 is 0 Å². The van der Waals surface area contributed by atoms with Crippen LogP contribution < -0.4 is 25.7 Å². The molecule has 0 radical (unpaired) electrons. The third-order valence-electron chi connectivity index (χ3n) is 5.92. The van der Waals surface area contributed by atoms with Crippen molar-refractivity contribution in [3.63, 3.8) is 0 Å². The number of fused-ring (bicyclic) bond motifs is 1. The number of aromatic nitrogens is 2. The number of ether oxygens (including phenoxy) is 3. The number of hydrogen-bond acceptors (Lipinski definition) is 7. The molecule has 9 heteroatoms. The number of nitrogens with two attached hydrogens (primary N) is 2. The number of hydrogen-bond donors (Lipinski definition) is 3. The second kappa shape index (κ2) is 10.2. The van der Waals surface area contributed by atoms with Crippen LogP contribution in [0.5, 0.6) is 17.4 Å². The first-order valence-corrected chi connectivity index (χ1v) is 11.5. The van der Waals surface area contributed by atoms with Crippen molar-refractivity contribution in [2.75, 3.05) is 6.61 Å². The number of aromatic amines is 1. The topological polar surface area (TPSA) is 149 Å². The van der Waals surface area contributed by atoms with Crippen LogP contribution in [0.25, 0.3) is 11.3 Å². The molecule has 1 aliphatic rings. The summed E-state index contributed by atoms with van der Waals surface area (Å²) in [6.45, 7) is 0.234. The quantitative estimate of drug-likeness (QED) is 0.338. The highest BCUT2D eigenvalue weighted by Crippen LogP contribution is 2.46. The van der Waals surface area contributed by atoms with Gasteiger partial charge in [-0.05, 0) is 47.5 Å². The van der Waals surface area contributed by atoms with Gasteiger partial charge in [0.1, 0.15) is 29.7 Å². The van der Waals surface area contributed by atoms with Crippen molar-refractivity contribution in [2.24, 2.45) is 11.5 Å². The van der Waals surface area contributed by atoms with E-state index in [2.05, 4.69) is 16.3 Å². The van der Waals surface area contributed by atoms with Crippen molar-refractivity contribution in [1.82, 2.24) is 10.2 Å². The summed E-state index contributed by atoms with van der Waals surface area (Å²) in [6.07, 6.45) is 0. The summed E-state index contributed by atoms with van der Waals surface area (Å²) in [6, 6.07) is 26.7. The van der Waals surface area contributed by atoms with Gasteiger partial charge in [0.25, 0.3) is 5.91 Å². The van der Waals surface area contributed by atoms with E-state index in [0.717, 1.165) is 22.4 Å². The first kappa shape index (κ1) is 23.5. The zero-order valence-corrected chi connectivity index (χ0v) is 19.7. The Morgan fingerprint density at radius 1 is 1.00 bits per heavy atom. The van der Waals surface area contributed by atoms with Crippen molar-refractivity contribution < 1.29 is 19.0 Å². The lowest BCUT2D eigenvalue weighted by molar-refractivity contribution is -0.119. The van der Waals surface area contributed by atoms with E-state index in [1.165, 1.54) is 0 Å². The molecule has 0 saturated carbocycles. The number of H-pyrrole nitrogens is 1. The number of nitrogens with zero attached hydrogens (tertiary/aromatic N) is 2. The Morgan fingerprint density at radius 2 is 1.68 bits per heavy atom. The second-order valence-electron chi connectivity index (χ2n) is 8.36. The lowest BCUT2D eigenvalue weighted by Crippen LogP contribution is -2.21. The molecule has 0 aliphatic carbocycles. The van der Waals surface area contributed by atoms with E-state index in [0.29, 0.717) is 29.5 Å². The van der Waals surface area contributed by atoms with Crippen LogP contribution in [0.2, 0.25) is 0 Å². The lowest BCUT2D eigenvalue weighted by atomic mass is 9.83. The van der Waals surface area contributed by atoms with E-state index < -0.39 is 11.8 Å². The minimum atomic E-state index is -0.569. The van der Waals surface area contributed by atoms with Crippen molar-refractivity contribution in [3.8, 4) is 34.7 Å². The van der Waals surface area contributed by atoms with E-state index in [1.54, 1.807) is 24.3 Å². The van der Waals surface area contributed by atoms with E-state index in [9.17, 15) is 10.1 Å². The summed E-state index contributed by atoms with van der Waals surface area (Å²) in [5.74, 6) is 0.402. The summed E-state index contributed by atoms with van der Waals surface area (Å²) in [5, 5.41) is 17.3. The molecule has 37 heavy (non-hydrogen) atoms. The highest BCUT2D eigenvalue weighted by molar-refractivity contribution is 5.75. The van der Waals surface area contributed by atoms with Gasteiger partial charge in [-0.25, -0.2) is 0 Å². The molecule has 0 unspecified atom stereocenters. The van der Waals surface area contributed by atoms with E-state index in [-0.39, 0.29) is 18.1 Å². The Bertz CT molecular complexity index is 1490. The number of nitriles is 1. The number of allylic oxidation sites excluding steroid dienone is 1. The van der Waals surface area contributed by atoms with Crippen LogP contribution in [-0.4, -0.2) is 22.7 Å². The van der Waals surface area contributed by atoms with Gasteiger partial charge in [0.05, 0.1) is 17.2 Å². The molecular formula is C28H23N5O4. The molecule has 1 aliphatic heterocycles. The van der Waals surface area contributed by atoms with E-state index in [4.69, 9.17) is 25.7 Å². The van der Waals surface area contributed by atoms with Gasteiger partial charge in [0.15, 0.2) is 6.61 Å². The number of primary amides is 1. The third-order valence-corrected chi connectivity index (χ3v) is 5.92. The fraction of sp³-hybridized carbons (Fsp3) is 0.107. The van der Waals surface area contributed by atoms with Crippen molar-refractivity contribution >= 4 is 5.91 Å². The SMILES string of the molecule is N#CC1=C(N)Oc2n[nH]c(-c3ccc(OCc4ccccc4)cc3)c2[C@H]1c1ccc(OCC(N)=O)cc1. The molecule has 2 heterocycles. The van der Waals surface area contributed by atoms with Crippen molar-refractivity contribution in [1.29, 1.82) is 5.26 Å². The molecular weight excluding hydrogens is 470 g/mol. The van der Waals surface area contributed by atoms with Crippen LogP contribution in [0, 0.1) is 11.3 Å². The second-order valence-corrected chi connectivity index (χ2v) is 8.36. The Morgan fingerprint density at radius 3 is 2.35 bits per heavy atom. The molecule has 184 valence electrons. The van der Waals surface area contributed by atoms with Crippen LogP contribution >= 0.6 is 0 Å². The van der Waals surface area contributed by atoms with Crippen molar-refractivity contribution in [3.05, 3.63) is 107 Å². The summed E-state index contributed by atoms with van der Waals surface area (Å²) in [5.41, 5.74) is 15.6. The number of nitrogens with one attached hydrogen (secondary N) is 1. The summed E-state index contributed by atoms with van der Waals surface area (Å²) in [7, 11) is 0. The van der Waals surface area contributed by atoms with Crippen LogP contribution in [-0.2, 0) is 11.4 Å². The van der Waals surface area contributed by atoms with Crippen molar-refractivity contribution in [2.45, 2.75) is 12.5 Å². The van der Waals surface area contributed by atoms with Gasteiger partial charge in [0, 0.05) is 5.56 Å². The maximum Gasteiger partial charge on any atom is 0.255 e. The molecule has 1 amide bonds. The number of benzene rings is 3. The third kappa shape index (κ3) is 4.94. The average Bonchev–Trinajstić information content (AvgIpc) is 3.34. The van der Waals surface area contributed by atoms with Gasteiger partial charge >= 0.3 is 0 Å². The Hall–Kier alpha value is -5.23. The number of carbonyl (C=O) groups is 1. The molecule has 5 rings (SSSR count). The maximum absolute atomic E-state index is 11.0. The first-order valence-electron chi connectivity index (χ1n) is 11.5. The Kier molecular flexibility index (Phi) is 6.46. The smallest absolute Gasteiger partial charge is 0.255 e. The number of rotatable bonds is 8.